The van der Waals surface area contributed by atoms with E-state index >= 15 is 0 Å². The number of nitrogens with one attached hydrogen (secondary N) is 1. The molecule has 0 aliphatic heterocycles. The summed E-state index contributed by atoms with van der Waals surface area (Å²) >= 11 is 0. The van der Waals surface area contributed by atoms with Crippen LogP contribution in [-0.4, -0.2) is 25.7 Å². The average Bonchev–Trinajstić information content (AvgIpc) is 2.15. The molecule has 0 aliphatic carbocycles. The van der Waals surface area contributed by atoms with E-state index in [-0.39, 0.29) is 12.0 Å². The molecular weight excluding hydrogens is 178 g/mol. The number of methoxy groups -OCH3 is 1. The van der Waals surface area contributed by atoms with Crippen molar-refractivity contribution in [1.29, 1.82) is 0 Å². The molecule has 0 aliphatic rings. The molecule has 0 heterocycles. The van der Waals surface area contributed by atoms with Crippen LogP contribution >= 0.6 is 0 Å². The van der Waals surface area contributed by atoms with Crippen molar-refractivity contribution in [1.82, 2.24) is 5.32 Å². The SMILES string of the molecule is CCCCNC(CC(C)C)C(=O)OC. The van der Waals surface area contributed by atoms with Crippen molar-refractivity contribution in [2.24, 2.45) is 5.92 Å². The molecule has 0 radical (unpaired) electrons. The average molecular weight is 201 g/mol. The minimum absolute atomic E-state index is 0.133. The molecule has 1 atom stereocenters. The first-order chi connectivity index (χ1) is 6.61. The Morgan fingerprint density at radius 2 is 2.07 bits per heavy atom. The van der Waals surface area contributed by atoms with Crippen molar-refractivity contribution in [2.75, 3.05) is 13.7 Å². The monoisotopic (exact) mass is 201 g/mol. The lowest BCUT2D eigenvalue weighted by atomic mass is 10.0. The predicted octanol–water partition coefficient (Wildman–Crippen LogP) is 1.96. The van der Waals surface area contributed by atoms with Gasteiger partial charge in [-0.05, 0) is 25.3 Å². The zero-order valence-corrected chi connectivity index (χ0v) is 9.80. The maximum atomic E-state index is 11.4. The van der Waals surface area contributed by atoms with Crippen LogP contribution in [0.1, 0.15) is 40.0 Å². The van der Waals surface area contributed by atoms with Crippen LogP contribution in [0.2, 0.25) is 0 Å². The molecule has 1 unspecified atom stereocenters. The second kappa shape index (κ2) is 7.80. The summed E-state index contributed by atoms with van der Waals surface area (Å²) < 4.78 is 4.74. The van der Waals surface area contributed by atoms with E-state index in [4.69, 9.17) is 4.74 Å². The summed E-state index contributed by atoms with van der Waals surface area (Å²) in [5, 5.41) is 3.23. The third-order valence-electron chi connectivity index (χ3n) is 2.11. The van der Waals surface area contributed by atoms with Gasteiger partial charge in [-0.2, -0.15) is 0 Å². The predicted molar refractivity (Wildman–Crippen MR) is 58.2 cm³/mol. The fourth-order valence-electron chi connectivity index (χ4n) is 1.33. The molecule has 84 valence electrons. The Balaban J connectivity index is 3.91. The summed E-state index contributed by atoms with van der Waals surface area (Å²) in [7, 11) is 1.44. The van der Waals surface area contributed by atoms with E-state index in [0.29, 0.717) is 5.92 Å². The summed E-state index contributed by atoms with van der Waals surface area (Å²) in [5.41, 5.74) is 0. The van der Waals surface area contributed by atoms with Crippen molar-refractivity contribution in [2.45, 2.75) is 46.1 Å². The molecular formula is C11H23NO2. The first-order valence-corrected chi connectivity index (χ1v) is 5.43. The van der Waals surface area contributed by atoms with Gasteiger partial charge in [-0.1, -0.05) is 27.2 Å². The Morgan fingerprint density at radius 1 is 1.43 bits per heavy atom. The zero-order chi connectivity index (χ0) is 11.0. The Bertz CT molecular complexity index is 157. The standard InChI is InChI=1S/C11H23NO2/c1-5-6-7-12-10(8-9(2)3)11(13)14-4/h9-10,12H,5-8H2,1-4H3. The van der Waals surface area contributed by atoms with Gasteiger partial charge in [-0.15, -0.1) is 0 Å². The van der Waals surface area contributed by atoms with E-state index in [9.17, 15) is 4.79 Å². The smallest absolute Gasteiger partial charge is 0.322 e. The summed E-state index contributed by atoms with van der Waals surface area (Å²) in [6.45, 7) is 7.25. The van der Waals surface area contributed by atoms with Crippen LogP contribution < -0.4 is 5.32 Å². The van der Waals surface area contributed by atoms with Crippen LogP contribution in [0.4, 0.5) is 0 Å². The maximum absolute atomic E-state index is 11.4. The van der Waals surface area contributed by atoms with Gasteiger partial charge in [0.1, 0.15) is 6.04 Å². The largest absolute Gasteiger partial charge is 0.468 e. The summed E-state index contributed by atoms with van der Waals surface area (Å²) in [4.78, 5) is 11.4. The number of unbranched alkanes of at least 4 members (excludes halogenated alkanes) is 1. The fraction of sp³-hybridized carbons (Fsp3) is 0.909. The normalized spacial score (nSPS) is 12.9. The highest BCUT2D eigenvalue weighted by Crippen LogP contribution is 2.06. The lowest BCUT2D eigenvalue weighted by Gasteiger charge is -2.17. The van der Waals surface area contributed by atoms with Gasteiger partial charge in [-0.25, -0.2) is 0 Å². The Morgan fingerprint density at radius 3 is 2.50 bits per heavy atom. The minimum Gasteiger partial charge on any atom is -0.468 e. The molecule has 0 bridgehead atoms. The minimum atomic E-state index is -0.144. The van der Waals surface area contributed by atoms with Crippen molar-refractivity contribution in [3.05, 3.63) is 0 Å². The Kier molecular flexibility index (Phi) is 7.48. The van der Waals surface area contributed by atoms with Crippen LogP contribution in [0.5, 0.6) is 0 Å². The number of esters is 1. The zero-order valence-electron chi connectivity index (χ0n) is 9.80. The number of hydrogen-bond donors (Lipinski definition) is 1. The lowest BCUT2D eigenvalue weighted by Crippen LogP contribution is -2.39. The summed E-state index contributed by atoms with van der Waals surface area (Å²) in [6, 6.07) is -0.133. The van der Waals surface area contributed by atoms with Crippen LogP contribution in [0.3, 0.4) is 0 Å². The number of carbonyl (C=O) groups is 1. The molecule has 0 fully saturated rings. The van der Waals surface area contributed by atoms with Gasteiger partial charge in [0.05, 0.1) is 7.11 Å². The van der Waals surface area contributed by atoms with Gasteiger partial charge in [0.25, 0.3) is 0 Å². The molecule has 14 heavy (non-hydrogen) atoms. The molecule has 0 rings (SSSR count). The molecule has 0 aromatic carbocycles. The van der Waals surface area contributed by atoms with E-state index in [1.54, 1.807) is 0 Å². The van der Waals surface area contributed by atoms with Crippen molar-refractivity contribution >= 4 is 5.97 Å². The molecule has 0 saturated heterocycles. The highest BCUT2D eigenvalue weighted by molar-refractivity contribution is 5.75. The molecule has 3 nitrogen and oxygen atoms in total. The fourth-order valence-corrected chi connectivity index (χ4v) is 1.33. The Labute approximate surface area is 87.2 Å². The molecule has 1 N–H and O–H groups in total. The van der Waals surface area contributed by atoms with Gasteiger partial charge in [-0.3, -0.25) is 4.79 Å². The van der Waals surface area contributed by atoms with E-state index in [1.165, 1.54) is 7.11 Å². The van der Waals surface area contributed by atoms with E-state index in [2.05, 4.69) is 26.1 Å². The van der Waals surface area contributed by atoms with Gasteiger partial charge >= 0.3 is 5.97 Å². The second-order valence-corrected chi connectivity index (χ2v) is 4.01. The Hall–Kier alpha value is -0.570. The molecule has 0 aromatic rings. The summed E-state index contributed by atoms with van der Waals surface area (Å²) in [6.07, 6.45) is 3.09. The number of rotatable bonds is 7. The molecule has 0 saturated carbocycles. The third kappa shape index (κ3) is 5.97. The van der Waals surface area contributed by atoms with Crippen molar-refractivity contribution < 1.29 is 9.53 Å². The second-order valence-electron chi connectivity index (χ2n) is 4.01. The van der Waals surface area contributed by atoms with E-state index in [0.717, 1.165) is 25.8 Å². The lowest BCUT2D eigenvalue weighted by molar-refractivity contribution is -0.143. The van der Waals surface area contributed by atoms with E-state index in [1.807, 2.05) is 0 Å². The van der Waals surface area contributed by atoms with Crippen LogP contribution in [0.25, 0.3) is 0 Å². The van der Waals surface area contributed by atoms with Gasteiger partial charge < -0.3 is 10.1 Å². The van der Waals surface area contributed by atoms with E-state index < -0.39 is 0 Å². The van der Waals surface area contributed by atoms with Gasteiger partial charge in [0, 0.05) is 0 Å². The maximum Gasteiger partial charge on any atom is 0.322 e. The van der Waals surface area contributed by atoms with Gasteiger partial charge in [0.2, 0.25) is 0 Å². The van der Waals surface area contributed by atoms with Crippen LogP contribution in [0, 0.1) is 5.92 Å². The quantitative estimate of drug-likeness (QED) is 0.505. The highest BCUT2D eigenvalue weighted by atomic mass is 16.5. The third-order valence-corrected chi connectivity index (χ3v) is 2.11. The summed E-state index contributed by atoms with van der Waals surface area (Å²) in [5.74, 6) is 0.364. The molecule has 0 spiro atoms. The topological polar surface area (TPSA) is 38.3 Å². The first-order valence-electron chi connectivity index (χ1n) is 5.43. The highest BCUT2D eigenvalue weighted by Gasteiger charge is 2.18. The number of hydrogen-bond acceptors (Lipinski definition) is 3. The van der Waals surface area contributed by atoms with Gasteiger partial charge in [0.15, 0.2) is 0 Å². The molecule has 3 heteroatoms. The van der Waals surface area contributed by atoms with Crippen LogP contribution in [0.15, 0.2) is 0 Å². The first kappa shape index (κ1) is 13.4. The number of ether oxygens (including phenoxy) is 1. The van der Waals surface area contributed by atoms with Crippen LogP contribution in [-0.2, 0) is 9.53 Å². The molecule has 0 aromatic heterocycles. The number of carbonyl (C=O) groups excluding carboxylic acids is 1. The van der Waals surface area contributed by atoms with Crippen molar-refractivity contribution in [3.63, 3.8) is 0 Å². The van der Waals surface area contributed by atoms with Crippen molar-refractivity contribution in [3.8, 4) is 0 Å². The molecule has 0 amide bonds.